The highest BCUT2D eigenvalue weighted by Gasteiger charge is 2.07. The number of hydrogen-bond donors (Lipinski definition) is 2. The van der Waals surface area contributed by atoms with Gasteiger partial charge in [-0.15, -0.1) is 0 Å². The fourth-order valence-electron chi connectivity index (χ4n) is 1.38. The summed E-state index contributed by atoms with van der Waals surface area (Å²) in [4.78, 5) is 5.20. The minimum absolute atomic E-state index is 0.271. The van der Waals surface area contributed by atoms with Crippen molar-refractivity contribution in [3.05, 3.63) is 35.3 Å². The fraction of sp³-hybridized carbons (Fsp3) is 0.182. The number of sulfone groups is 1. The molecule has 0 atom stereocenters. The van der Waals surface area contributed by atoms with Crippen molar-refractivity contribution in [1.82, 2.24) is 4.98 Å². The van der Waals surface area contributed by atoms with E-state index in [1.807, 2.05) is 0 Å². The van der Waals surface area contributed by atoms with Gasteiger partial charge in [-0.1, -0.05) is 11.3 Å². The SMILES string of the molecule is CS(=O)(=O)c1ccc(OCc2cnc(NN)s2)cc1. The van der Waals surface area contributed by atoms with Crippen LogP contribution in [0.5, 0.6) is 5.75 Å². The number of nitrogen functional groups attached to an aromatic ring is 1. The molecule has 0 aliphatic carbocycles. The number of hydrazine groups is 1. The molecule has 0 saturated carbocycles. The third-order valence-electron chi connectivity index (χ3n) is 2.31. The molecule has 0 fully saturated rings. The molecule has 2 aromatic rings. The summed E-state index contributed by atoms with van der Waals surface area (Å²) in [5.41, 5.74) is 2.45. The molecule has 0 aliphatic heterocycles. The van der Waals surface area contributed by atoms with E-state index in [1.165, 1.54) is 29.7 Å². The first-order valence-electron chi connectivity index (χ1n) is 5.33. The van der Waals surface area contributed by atoms with E-state index in [9.17, 15) is 8.42 Å². The molecule has 19 heavy (non-hydrogen) atoms. The molecule has 3 N–H and O–H groups in total. The second-order valence-electron chi connectivity index (χ2n) is 3.81. The normalized spacial score (nSPS) is 11.3. The number of nitrogens with zero attached hydrogens (tertiary/aromatic N) is 1. The average Bonchev–Trinajstić information content (AvgIpc) is 2.84. The van der Waals surface area contributed by atoms with Crippen LogP contribution in [-0.4, -0.2) is 19.7 Å². The summed E-state index contributed by atoms with van der Waals surface area (Å²) in [6.45, 7) is 0.359. The van der Waals surface area contributed by atoms with Crippen LogP contribution in [0.15, 0.2) is 35.4 Å². The van der Waals surface area contributed by atoms with Crippen LogP contribution in [0, 0.1) is 0 Å². The fourth-order valence-corrected chi connectivity index (χ4v) is 2.64. The van der Waals surface area contributed by atoms with Crippen molar-refractivity contribution in [1.29, 1.82) is 0 Å². The second-order valence-corrected chi connectivity index (χ2v) is 6.94. The molecule has 0 radical (unpaired) electrons. The van der Waals surface area contributed by atoms with E-state index >= 15 is 0 Å². The molecule has 0 saturated heterocycles. The molecule has 1 heterocycles. The van der Waals surface area contributed by atoms with Crippen molar-refractivity contribution in [2.75, 3.05) is 11.7 Å². The van der Waals surface area contributed by atoms with Crippen LogP contribution in [-0.2, 0) is 16.4 Å². The summed E-state index contributed by atoms with van der Waals surface area (Å²) < 4.78 is 28.1. The molecule has 0 amide bonds. The molecule has 102 valence electrons. The molecule has 1 aromatic carbocycles. The number of aromatic nitrogens is 1. The number of hydrogen-bond acceptors (Lipinski definition) is 7. The highest BCUT2D eigenvalue weighted by Crippen LogP contribution is 2.20. The molecular weight excluding hydrogens is 286 g/mol. The topological polar surface area (TPSA) is 94.3 Å². The number of benzene rings is 1. The minimum atomic E-state index is -3.17. The summed E-state index contributed by atoms with van der Waals surface area (Å²) in [5, 5.41) is 0.617. The summed E-state index contributed by atoms with van der Waals surface area (Å²) in [6, 6.07) is 6.29. The van der Waals surface area contributed by atoms with Gasteiger partial charge in [-0.25, -0.2) is 19.2 Å². The zero-order valence-corrected chi connectivity index (χ0v) is 11.8. The van der Waals surface area contributed by atoms with E-state index in [0.717, 1.165) is 4.88 Å². The first-order valence-corrected chi connectivity index (χ1v) is 8.04. The van der Waals surface area contributed by atoms with Crippen LogP contribution in [0.2, 0.25) is 0 Å². The summed E-state index contributed by atoms with van der Waals surface area (Å²) in [6.07, 6.45) is 2.84. The lowest BCUT2D eigenvalue weighted by Crippen LogP contribution is -2.05. The van der Waals surface area contributed by atoms with E-state index in [4.69, 9.17) is 10.6 Å². The molecule has 6 nitrogen and oxygen atoms in total. The number of nitrogens with two attached hydrogens (primary N) is 1. The van der Waals surface area contributed by atoms with Crippen molar-refractivity contribution in [2.24, 2.45) is 5.84 Å². The van der Waals surface area contributed by atoms with Gasteiger partial charge in [-0.05, 0) is 24.3 Å². The van der Waals surface area contributed by atoms with Gasteiger partial charge in [0.25, 0.3) is 0 Å². The van der Waals surface area contributed by atoms with Gasteiger partial charge in [0, 0.05) is 12.5 Å². The number of thiazole rings is 1. The Kier molecular flexibility index (Phi) is 4.03. The third-order valence-corrected chi connectivity index (χ3v) is 4.34. The zero-order chi connectivity index (χ0) is 13.9. The van der Waals surface area contributed by atoms with Gasteiger partial charge < -0.3 is 4.74 Å². The van der Waals surface area contributed by atoms with Gasteiger partial charge in [-0.3, -0.25) is 5.43 Å². The Morgan fingerprint density at radius 1 is 1.37 bits per heavy atom. The monoisotopic (exact) mass is 299 g/mol. The number of anilines is 1. The Labute approximate surface area is 115 Å². The highest BCUT2D eigenvalue weighted by atomic mass is 32.2. The Balaban J connectivity index is 2.00. The van der Waals surface area contributed by atoms with Crippen LogP contribution >= 0.6 is 11.3 Å². The summed E-state index contributed by atoms with van der Waals surface area (Å²) in [7, 11) is -3.17. The Morgan fingerprint density at radius 3 is 2.58 bits per heavy atom. The molecule has 0 spiro atoms. The van der Waals surface area contributed by atoms with Crippen LogP contribution in [0.4, 0.5) is 5.13 Å². The lowest BCUT2D eigenvalue weighted by Gasteiger charge is -2.05. The van der Waals surface area contributed by atoms with Crippen LogP contribution in [0.1, 0.15) is 4.88 Å². The third kappa shape index (κ3) is 3.66. The van der Waals surface area contributed by atoms with Gasteiger partial charge in [-0.2, -0.15) is 0 Å². The van der Waals surface area contributed by atoms with Crippen molar-refractivity contribution >= 4 is 26.3 Å². The molecule has 0 unspecified atom stereocenters. The van der Waals surface area contributed by atoms with E-state index in [2.05, 4.69) is 10.4 Å². The lowest BCUT2D eigenvalue weighted by atomic mass is 10.3. The number of ether oxygens (including phenoxy) is 1. The first kappa shape index (κ1) is 13.8. The predicted octanol–water partition coefficient (Wildman–Crippen LogP) is 1.41. The van der Waals surface area contributed by atoms with Crippen molar-refractivity contribution in [3.63, 3.8) is 0 Å². The zero-order valence-electron chi connectivity index (χ0n) is 10.2. The van der Waals surface area contributed by atoms with Gasteiger partial charge in [0.05, 0.1) is 9.77 Å². The van der Waals surface area contributed by atoms with E-state index < -0.39 is 9.84 Å². The van der Waals surface area contributed by atoms with E-state index in [0.29, 0.717) is 17.5 Å². The maximum atomic E-state index is 11.3. The maximum absolute atomic E-state index is 11.3. The van der Waals surface area contributed by atoms with Crippen molar-refractivity contribution < 1.29 is 13.2 Å². The van der Waals surface area contributed by atoms with Crippen LogP contribution in [0.25, 0.3) is 0 Å². The standard InChI is InChI=1S/C11H13N3O3S2/c1-19(15,16)10-4-2-8(3-5-10)17-7-9-6-13-11(14-12)18-9/h2-6H,7,12H2,1H3,(H,13,14). The summed E-state index contributed by atoms with van der Waals surface area (Å²) in [5.74, 6) is 5.83. The molecule has 0 aliphatic rings. The number of rotatable bonds is 5. The Bertz CT molecular complexity index is 650. The second kappa shape index (κ2) is 5.55. The smallest absolute Gasteiger partial charge is 0.197 e. The highest BCUT2D eigenvalue weighted by molar-refractivity contribution is 7.90. The molecule has 0 bridgehead atoms. The quantitative estimate of drug-likeness (QED) is 0.640. The number of nitrogens with one attached hydrogen (secondary N) is 1. The largest absolute Gasteiger partial charge is 0.488 e. The molecule has 1 aromatic heterocycles. The van der Waals surface area contributed by atoms with Crippen molar-refractivity contribution in [3.8, 4) is 5.75 Å². The van der Waals surface area contributed by atoms with Crippen molar-refractivity contribution in [2.45, 2.75) is 11.5 Å². The first-order chi connectivity index (χ1) is 8.99. The van der Waals surface area contributed by atoms with Crippen LogP contribution < -0.4 is 16.0 Å². The average molecular weight is 299 g/mol. The maximum Gasteiger partial charge on any atom is 0.197 e. The molecule has 8 heteroatoms. The molecular formula is C11H13N3O3S2. The van der Waals surface area contributed by atoms with Gasteiger partial charge in [0.1, 0.15) is 12.4 Å². The Morgan fingerprint density at radius 2 is 2.05 bits per heavy atom. The van der Waals surface area contributed by atoms with Gasteiger partial charge in [0.15, 0.2) is 15.0 Å². The van der Waals surface area contributed by atoms with E-state index in [-0.39, 0.29) is 4.90 Å². The van der Waals surface area contributed by atoms with Crippen LogP contribution in [0.3, 0.4) is 0 Å². The van der Waals surface area contributed by atoms with Gasteiger partial charge in [0.2, 0.25) is 0 Å². The summed E-state index contributed by atoms with van der Waals surface area (Å²) >= 11 is 1.39. The predicted molar refractivity (Wildman–Crippen MR) is 73.8 cm³/mol. The molecule has 2 rings (SSSR count). The minimum Gasteiger partial charge on any atom is -0.488 e. The van der Waals surface area contributed by atoms with E-state index in [1.54, 1.807) is 18.3 Å². The Hall–Kier alpha value is -1.64. The van der Waals surface area contributed by atoms with Gasteiger partial charge >= 0.3 is 0 Å². The lowest BCUT2D eigenvalue weighted by molar-refractivity contribution is 0.309.